The van der Waals surface area contributed by atoms with Gasteiger partial charge in [0.05, 0.1) is 31.8 Å². The molecule has 0 saturated carbocycles. The molecule has 3 N–H and O–H groups in total. The normalized spacial score (nSPS) is 14.5. The number of aliphatic hydroxyl groups excluding tert-OH is 2. The third kappa shape index (κ3) is 8.60. The van der Waals surface area contributed by atoms with Crippen LogP contribution < -0.4 is 5.32 Å². The average molecular weight is 235 g/mol. The number of carbonyl (C=O) groups is 1. The zero-order valence-corrected chi connectivity index (χ0v) is 9.81. The summed E-state index contributed by atoms with van der Waals surface area (Å²) in [5.41, 5.74) is 0. The number of esters is 1. The number of nitrogens with one attached hydrogen (secondary N) is 1. The first-order valence-corrected chi connectivity index (χ1v) is 5.31. The number of methoxy groups -OCH3 is 1. The van der Waals surface area contributed by atoms with Crippen LogP contribution in [-0.2, 0) is 14.3 Å². The molecule has 0 heterocycles. The molecule has 0 aliphatic rings. The summed E-state index contributed by atoms with van der Waals surface area (Å²) in [5.74, 6) is -0.422. The molecular formula is C10H21NO5. The maximum absolute atomic E-state index is 11.0. The Labute approximate surface area is 95.6 Å². The van der Waals surface area contributed by atoms with Crippen molar-refractivity contribution in [2.75, 3.05) is 33.4 Å². The first-order valence-electron chi connectivity index (χ1n) is 5.31. The Morgan fingerprint density at radius 3 is 2.50 bits per heavy atom. The van der Waals surface area contributed by atoms with Gasteiger partial charge in [-0.15, -0.1) is 0 Å². The lowest BCUT2D eigenvalue weighted by molar-refractivity contribution is -0.145. The van der Waals surface area contributed by atoms with Crippen LogP contribution >= 0.6 is 0 Å². The summed E-state index contributed by atoms with van der Waals surface area (Å²) in [6.45, 7) is 2.81. The Bertz CT molecular complexity index is 188. The van der Waals surface area contributed by atoms with Crippen LogP contribution in [0.15, 0.2) is 0 Å². The Hall–Kier alpha value is -0.690. The second-order valence-electron chi connectivity index (χ2n) is 3.43. The number of hydrogen-bond donors (Lipinski definition) is 3. The SMILES string of the molecule is CCOC(=O)CC(O)CNCC(O)COC. The first kappa shape index (κ1) is 15.3. The molecule has 0 aromatic rings. The summed E-state index contributed by atoms with van der Waals surface area (Å²) in [7, 11) is 1.50. The Kier molecular flexibility index (Phi) is 9.12. The van der Waals surface area contributed by atoms with E-state index in [2.05, 4.69) is 10.1 Å². The number of ether oxygens (including phenoxy) is 2. The van der Waals surface area contributed by atoms with Gasteiger partial charge in [0, 0.05) is 20.2 Å². The molecule has 0 radical (unpaired) electrons. The fraction of sp³-hybridized carbons (Fsp3) is 0.900. The molecule has 16 heavy (non-hydrogen) atoms. The molecule has 0 amide bonds. The lowest BCUT2D eigenvalue weighted by Crippen LogP contribution is -2.36. The standard InChI is InChI=1S/C10H21NO5/c1-3-16-10(14)4-8(12)5-11-6-9(13)7-15-2/h8-9,11-13H,3-7H2,1-2H3. The lowest BCUT2D eigenvalue weighted by Gasteiger charge is -2.13. The largest absolute Gasteiger partial charge is 0.466 e. The summed E-state index contributed by atoms with van der Waals surface area (Å²) in [6, 6.07) is 0. The third-order valence-electron chi connectivity index (χ3n) is 1.83. The molecule has 6 nitrogen and oxygen atoms in total. The van der Waals surface area contributed by atoms with Gasteiger partial charge in [0.1, 0.15) is 0 Å². The minimum atomic E-state index is -0.797. The average Bonchev–Trinajstić information content (AvgIpc) is 2.18. The minimum Gasteiger partial charge on any atom is -0.466 e. The third-order valence-corrected chi connectivity index (χ3v) is 1.83. The van der Waals surface area contributed by atoms with Crippen molar-refractivity contribution < 1.29 is 24.5 Å². The molecule has 2 unspecified atom stereocenters. The molecule has 0 spiro atoms. The van der Waals surface area contributed by atoms with Crippen LogP contribution in [0.4, 0.5) is 0 Å². The zero-order valence-electron chi connectivity index (χ0n) is 9.81. The predicted octanol–water partition coefficient (Wildman–Crippen LogP) is -1.10. The summed E-state index contributed by atoms with van der Waals surface area (Å²) >= 11 is 0. The van der Waals surface area contributed by atoms with Crippen molar-refractivity contribution in [2.24, 2.45) is 0 Å². The van der Waals surface area contributed by atoms with Crippen molar-refractivity contribution in [1.82, 2.24) is 5.32 Å². The van der Waals surface area contributed by atoms with Crippen LogP contribution in [0.5, 0.6) is 0 Å². The monoisotopic (exact) mass is 235 g/mol. The van der Waals surface area contributed by atoms with Gasteiger partial charge in [-0.3, -0.25) is 4.79 Å². The van der Waals surface area contributed by atoms with Crippen molar-refractivity contribution in [3.63, 3.8) is 0 Å². The van der Waals surface area contributed by atoms with Crippen LogP contribution in [-0.4, -0.2) is 61.8 Å². The molecule has 0 bridgehead atoms. The van der Waals surface area contributed by atoms with Gasteiger partial charge in [-0.05, 0) is 6.92 Å². The highest BCUT2D eigenvalue weighted by molar-refractivity contribution is 5.69. The second-order valence-corrected chi connectivity index (χ2v) is 3.43. The Morgan fingerprint density at radius 2 is 1.94 bits per heavy atom. The van der Waals surface area contributed by atoms with E-state index in [0.29, 0.717) is 13.2 Å². The summed E-state index contributed by atoms with van der Waals surface area (Å²) in [5, 5.41) is 21.5. The number of carbonyl (C=O) groups excluding carboxylic acids is 1. The van der Waals surface area contributed by atoms with Gasteiger partial charge in [0.2, 0.25) is 0 Å². The van der Waals surface area contributed by atoms with E-state index in [4.69, 9.17) is 4.74 Å². The highest BCUT2D eigenvalue weighted by atomic mass is 16.5. The van der Waals surface area contributed by atoms with E-state index in [-0.39, 0.29) is 19.6 Å². The molecule has 0 aromatic heterocycles. The molecule has 0 aliphatic carbocycles. The van der Waals surface area contributed by atoms with E-state index >= 15 is 0 Å². The van der Waals surface area contributed by atoms with Gasteiger partial charge in [0.25, 0.3) is 0 Å². The molecule has 6 heteroatoms. The number of hydrogen-bond acceptors (Lipinski definition) is 6. The van der Waals surface area contributed by atoms with Crippen LogP contribution in [0.25, 0.3) is 0 Å². The van der Waals surface area contributed by atoms with Crippen molar-refractivity contribution in [3.05, 3.63) is 0 Å². The van der Waals surface area contributed by atoms with Gasteiger partial charge < -0.3 is 25.0 Å². The van der Waals surface area contributed by atoms with Gasteiger partial charge in [-0.25, -0.2) is 0 Å². The fourth-order valence-electron chi connectivity index (χ4n) is 1.15. The molecule has 0 aliphatic heterocycles. The van der Waals surface area contributed by atoms with E-state index in [0.717, 1.165) is 0 Å². The van der Waals surface area contributed by atoms with Gasteiger partial charge >= 0.3 is 5.97 Å². The summed E-state index contributed by atoms with van der Waals surface area (Å²) in [4.78, 5) is 11.0. The van der Waals surface area contributed by atoms with Crippen molar-refractivity contribution >= 4 is 5.97 Å². The fourth-order valence-corrected chi connectivity index (χ4v) is 1.15. The quantitative estimate of drug-likeness (QED) is 0.440. The second kappa shape index (κ2) is 9.53. The summed E-state index contributed by atoms with van der Waals surface area (Å²) < 4.78 is 9.41. The molecular weight excluding hydrogens is 214 g/mol. The van der Waals surface area contributed by atoms with Crippen molar-refractivity contribution in [2.45, 2.75) is 25.6 Å². The number of aliphatic hydroxyl groups is 2. The van der Waals surface area contributed by atoms with Gasteiger partial charge in [0.15, 0.2) is 0 Å². The molecule has 2 atom stereocenters. The van der Waals surface area contributed by atoms with E-state index < -0.39 is 18.2 Å². The van der Waals surface area contributed by atoms with E-state index in [9.17, 15) is 15.0 Å². The van der Waals surface area contributed by atoms with Crippen molar-refractivity contribution in [1.29, 1.82) is 0 Å². The highest BCUT2D eigenvalue weighted by Gasteiger charge is 2.11. The van der Waals surface area contributed by atoms with Gasteiger partial charge in [-0.2, -0.15) is 0 Å². The maximum atomic E-state index is 11.0. The van der Waals surface area contributed by atoms with E-state index in [1.165, 1.54) is 7.11 Å². The molecule has 0 fully saturated rings. The lowest BCUT2D eigenvalue weighted by atomic mass is 10.2. The Morgan fingerprint density at radius 1 is 1.31 bits per heavy atom. The summed E-state index contributed by atoms with van der Waals surface area (Å²) in [6.07, 6.45) is -1.45. The topological polar surface area (TPSA) is 88.0 Å². The van der Waals surface area contributed by atoms with E-state index in [1.54, 1.807) is 6.92 Å². The van der Waals surface area contributed by atoms with Crippen LogP contribution in [0, 0.1) is 0 Å². The molecule has 0 rings (SSSR count). The molecule has 96 valence electrons. The van der Waals surface area contributed by atoms with Gasteiger partial charge in [-0.1, -0.05) is 0 Å². The highest BCUT2D eigenvalue weighted by Crippen LogP contribution is 1.93. The van der Waals surface area contributed by atoms with Crippen LogP contribution in [0.3, 0.4) is 0 Å². The van der Waals surface area contributed by atoms with E-state index in [1.807, 2.05) is 0 Å². The molecule has 0 aromatic carbocycles. The number of rotatable bonds is 9. The molecule has 0 saturated heterocycles. The maximum Gasteiger partial charge on any atom is 0.308 e. The predicted molar refractivity (Wildman–Crippen MR) is 58.0 cm³/mol. The zero-order chi connectivity index (χ0) is 12.4. The van der Waals surface area contributed by atoms with Crippen LogP contribution in [0.1, 0.15) is 13.3 Å². The Balaban J connectivity index is 3.49. The van der Waals surface area contributed by atoms with Crippen LogP contribution in [0.2, 0.25) is 0 Å². The minimum absolute atomic E-state index is 0.0405. The first-order chi connectivity index (χ1) is 7.60. The smallest absolute Gasteiger partial charge is 0.308 e. The van der Waals surface area contributed by atoms with Crippen molar-refractivity contribution in [3.8, 4) is 0 Å².